The molecule has 2 rings (SSSR count). The molecule has 2 N–H and O–H groups in total. The number of carboxylic acid groups (broad SMARTS) is 1. The molecule has 6 nitrogen and oxygen atoms in total. The summed E-state index contributed by atoms with van der Waals surface area (Å²) < 4.78 is 0. The number of nitrogens with one attached hydrogen (secondary N) is 1. The fourth-order valence-electron chi connectivity index (χ4n) is 3.68. The summed E-state index contributed by atoms with van der Waals surface area (Å²) in [7, 11) is 0. The van der Waals surface area contributed by atoms with Crippen molar-refractivity contribution in [1.82, 2.24) is 10.2 Å². The molecule has 1 atom stereocenters. The van der Waals surface area contributed by atoms with Crippen molar-refractivity contribution in [1.29, 1.82) is 0 Å². The summed E-state index contributed by atoms with van der Waals surface area (Å²) >= 11 is 0. The first kappa shape index (κ1) is 18.7. The molecule has 1 unspecified atom stereocenters. The fraction of sp³-hybridized carbons (Fsp3) is 0.833. The number of rotatable bonds is 4. The molecule has 1 saturated carbocycles. The molecule has 6 heteroatoms. The zero-order chi connectivity index (χ0) is 17.9. The molecule has 2 fully saturated rings. The van der Waals surface area contributed by atoms with E-state index in [1.807, 2.05) is 20.8 Å². The SMILES string of the molecule is CC(C)(C)CC(=O)N1CCCC1C(=O)NC1CCC(C(=O)O)CC1. The Morgan fingerprint density at radius 3 is 2.25 bits per heavy atom. The van der Waals surface area contributed by atoms with Crippen LogP contribution in [0.25, 0.3) is 0 Å². The largest absolute Gasteiger partial charge is 0.481 e. The number of carbonyl (C=O) groups excluding carboxylic acids is 2. The van der Waals surface area contributed by atoms with Crippen LogP contribution in [0.3, 0.4) is 0 Å². The van der Waals surface area contributed by atoms with Gasteiger partial charge in [-0.2, -0.15) is 0 Å². The zero-order valence-electron chi connectivity index (χ0n) is 15.0. The van der Waals surface area contributed by atoms with Crippen LogP contribution in [0.4, 0.5) is 0 Å². The Labute approximate surface area is 144 Å². The highest BCUT2D eigenvalue weighted by Gasteiger charge is 2.36. The minimum Gasteiger partial charge on any atom is -0.481 e. The van der Waals surface area contributed by atoms with Crippen molar-refractivity contribution >= 4 is 17.8 Å². The number of aliphatic carboxylic acids is 1. The van der Waals surface area contributed by atoms with E-state index in [9.17, 15) is 14.4 Å². The van der Waals surface area contributed by atoms with Gasteiger partial charge < -0.3 is 15.3 Å². The van der Waals surface area contributed by atoms with Gasteiger partial charge in [-0.1, -0.05) is 20.8 Å². The molecule has 1 saturated heterocycles. The molecule has 0 bridgehead atoms. The van der Waals surface area contributed by atoms with E-state index < -0.39 is 5.97 Å². The molecule has 0 spiro atoms. The Kier molecular flexibility index (Phi) is 5.88. The summed E-state index contributed by atoms with van der Waals surface area (Å²) in [6, 6.07) is -0.328. The standard InChI is InChI=1S/C18H30N2O4/c1-18(2,3)11-15(21)20-10-4-5-14(20)16(22)19-13-8-6-12(7-9-13)17(23)24/h12-14H,4-11H2,1-3H3,(H,19,22)(H,23,24). The highest BCUT2D eigenvalue weighted by molar-refractivity contribution is 5.88. The predicted octanol–water partition coefficient (Wildman–Crippen LogP) is 2.17. The van der Waals surface area contributed by atoms with Gasteiger partial charge in [0.15, 0.2) is 0 Å². The summed E-state index contributed by atoms with van der Waals surface area (Å²) in [5.41, 5.74) is -0.0874. The number of carboxylic acids is 1. The van der Waals surface area contributed by atoms with Crippen LogP contribution in [-0.4, -0.2) is 46.4 Å². The number of hydrogen-bond acceptors (Lipinski definition) is 3. The third kappa shape index (κ3) is 4.95. The van der Waals surface area contributed by atoms with E-state index in [0.717, 1.165) is 6.42 Å². The first-order valence-electron chi connectivity index (χ1n) is 9.00. The fourth-order valence-corrected chi connectivity index (χ4v) is 3.68. The lowest BCUT2D eigenvalue weighted by molar-refractivity contribution is -0.143. The Balaban J connectivity index is 1.87. The van der Waals surface area contributed by atoms with Gasteiger partial charge in [-0.25, -0.2) is 0 Å². The first-order chi connectivity index (χ1) is 11.2. The Hall–Kier alpha value is -1.59. The van der Waals surface area contributed by atoms with Crippen molar-refractivity contribution in [3.05, 3.63) is 0 Å². The van der Waals surface area contributed by atoms with Gasteiger partial charge in [0.1, 0.15) is 6.04 Å². The van der Waals surface area contributed by atoms with Crippen molar-refractivity contribution in [2.24, 2.45) is 11.3 Å². The monoisotopic (exact) mass is 338 g/mol. The summed E-state index contributed by atoms with van der Waals surface area (Å²) in [5.74, 6) is -1.05. The number of hydrogen-bond donors (Lipinski definition) is 2. The molecular weight excluding hydrogens is 308 g/mol. The molecule has 0 aromatic rings. The van der Waals surface area contributed by atoms with Crippen molar-refractivity contribution in [3.63, 3.8) is 0 Å². The van der Waals surface area contributed by atoms with E-state index in [-0.39, 0.29) is 35.2 Å². The topological polar surface area (TPSA) is 86.7 Å². The third-order valence-electron chi connectivity index (χ3n) is 4.98. The summed E-state index contributed by atoms with van der Waals surface area (Å²) in [5, 5.41) is 12.1. The van der Waals surface area contributed by atoms with Crippen LogP contribution in [0.2, 0.25) is 0 Å². The summed E-state index contributed by atoms with van der Waals surface area (Å²) in [6.07, 6.45) is 4.64. The quantitative estimate of drug-likeness (QED) is 0.822. The molecule has 1 aliphatic carbocycles. The third-order valence-corrected chi connectivity index (χ3v) is 4.98. The maximum absolute atomic E-state index is 12.6. The van der Waals surface area contributed by atoms with Crippen LogP contribution in [-0.2, 0) is 14.4 Å². The molecule has 1 aliphatic heterocycles. The van der Waals surface area contributed by atoms with Gasteiger partial charge in [-0.15, -0.1) is 0 Å². The maximum Gasteiger partial charge on any atom is 0.306 e. The number of nitrogens with zero attached hydrogens (tertiary/aromatic N) is 1. The molecule has 24 heavy (non-hydrogen) atoms. The van der Waals surface area contributed by atoms with Crippen LogP contribution in [0.5, 0.6) is 0 Å². The predicted molar refractivity (Wildman–Crippen MR) is 90.3 cm³/mol. The van der Waals surface area contributed by atoms with E-state index in [0.29, 0.717) is 45.1 Å². The van der Waals surface area contributed by atoms with Crippen LogP contribution >= 0.6 is 0 Å². The second kappa shape index (κ2) is 7.53. The van der Waals surface area contributed by atoms with E-state index in [1.165, 1.54) is 0 Å². The van der Waals surface area contributed by atoms with E-state index >= 15 is 0 Å². The van der Waals surface area contributed by atoms with Crippen molar-refractivity contribution in [2.45, 2.75) is 77.8 Å². The molecular formula is C18H30N2O4. The lowest BCUT2D eigenvalue weighted by atomic mass is 9.86. The Morgan fingerprint density at radius 2 is 1.71 bits per heavy atom. The molecule has 2 amide bonds. The minimum atomic E-state index is -0.741. The average molecular weight is 338 g/mol. The smallest absolute Gasteiger partial charge is 0.306 e. The first-order valence-corrected chi connectivity index (χ1v) is 9.00. The second-order valence-corrected chi connectivity index (χ2v) is 8.38. The highest BCUT2D eigenvalue weighted by Crippen LogP contribution is 2.27. The molecule has 0 aromatic carbocycles. The number of amides is 2. The van der Waals surface area contributed by atoms with Gasteiger partial charge in [0.05, 0.1) is 5.92 Å². The normalized spacial score (nSPS) is 27.8. The summed E-state index contributed by atoms with van der Waals surface area (Å²) in [4.78, 5) is 37.8. The maximum atomic E-state index is 12.6. The summed E-state index contributed by atoms with van der Waals surface area (Å²) in [6.45, 7) is 6.73. The van der Waals surface area contributed by atoms with Crippen molar-refractivity contribution in [2.75, 3.05) is 6.54 Å². The lowest BCUT2D eigenvalue weighted by Gasteiger charge is -2.31. The zero-order valence-corrected chi connectivity index (χ0v) is 15.0. The van der Waals surface area contributed by atoms with Crippen molar-refractivity contribution in [3.8, 4) is 0 Å². The van der Waals surface area contributed by atoms with Crippen LogP contribution in [0.15, 0.2) is 0 Å². The highest BCUT2D eigenvalue weighted by atomic mass is 16.4. The number of carbonyl (C=O) groups is 3. The lowest BCUT2D eigenvalue weighted by Crippen LogP contribution is -2.50. The van der Waals surface area contributed by atoms with Crippen LogP contribution < -0.4 is 5.32 Å². The van der Waals surface area contributed by atoms with Gasteiger partial charge in [0.2, 0.25) is 11.8 Å². The van der Waals surface area contributed by atoms with E-state index in [1.54, 1.807) is 4.90 Å². The average Bonchev–Trinajstić information content (AvgIpc) is 2.95. The molecule has 0 aromatic heterocycles. The van der Waals surface area contributed by atoms with E-state index in [4.69, 9.17) is 5.11 Å². The van der Waals surface area contributed by atoms with Crippen LogP contribution in [0, 0.1) is 11.3 Å². The Morgan fingerprint density at radius 1 is 1.08 bits per heavy atom. The second-order valence-electron chi connectivity index (χ2n) is 8.38. The van der Waals surface area contributed by atoms with E-state index in [2.05, 4.69) is 5.32 Å². The van der Waals surface area contributed by atoms with Crippen molar-refractivity contribution < 1.29 is 19.5 Å². The van der Waals surface area contributed by atoms with Crippen LogP contribution in [0.1, 0.15) is 65.7 Å². The molecule has 2 aliphatic rings. The molecule has 1 heterocycles. The minimum absolute atomic E-state index is 0.0354. The number of likely N-dealkylation sites (tertiary alicyclic amines) is 1. The van der Waals surface area contributed by atoms with Gasteiger partial charge in [-0.3, -0.25) is 14.4 Å². The van der Waals surface area contributed by atoms with Gasteiger partial charge in [0.25, 0.3) is 0 Å². The van der Waals surface area contributed by atoms with Gasteiger partial charge in [0, 0.05) is 19.0 Å². The van der Waals surface area contributed by atoms with Gasteiger partial charge >= 0.3 is 5.97 Å². The Bertz CT molecular complexity index is 490. The van der Waals surface area contributed by atoms with Gasteiger partial charge in [-0.05, 0) is 43.9 Å². The molecule has 0 radical (unpaired) electrons. The molecule has 136 valence electrons.